The first-order valence-electron chi connectivity index (χ1n) is 10.2. The number of aliphatic hydroxyl groups excluding tert-OH is 1. The van der Waals surface area contributed by atoms with E-state index in [2.05, 4.69) is 15.0 Å². The zero-order valence-corrected chi connectivity index (χ0v) is 16.9. The van der Waals surface area contributed by atoms with Crippen LogP contribution in [-0.4, -0.2) is 57.7 Å². The number of halogens is 5. The molecule has 33 heavy (non-hydrogen) atoms. The third kappa shape index (κ3) is 4.13. The predicted octanol–water partition coefficient (Wildman–Crippen LogP) is 2.95. The molecule has 0 amide bonds. The van der Waals surface area contributed by atoms with Crippen LogP contribution in [0.5, 0.6) is 6.01 Å². The Morgan fingerprint density at radius 3 is 2.52 bits per heavy atom. The van der Waals surface area contributed by atoms with Crippen LogP contribution in [0, 0.1) is 11.6 Å². The molecule has 0 radical (unpaired) electrons. The maximum atomic E-state index is 13.9. The number of rotatable bonds is 5. The Labute approximate surface area is 183 Å². The van der Waals surface area contributed by atoms with Gasteiger partial charge >= 0.3 is 6.18 Å². The van der Waals surface area contributed by atoms with Gasteiger partial charge in [-0.25, -0.2) is 13.8 Å². The minimum Gasteiger partial charge on any atom is -0.456 e. The lowest BCUT2D eigenvalue weighted by atomic mass is 10.0. The minimum atomic E-state index is -4.74. The van der Waals surface area contributed by atoms with Crippen LogP contribution in [0.1, 0.15) is 16.8 Å². The molecule has 2 N–H and O–H groups in total. The van der Waals surface area contributed by atoms with Gasteiger partial charge in [0, 0.05) is 5.56 Å². The van der Waals surface area contributed by atoms with Gasteiger partial charge in [0.15, 0.2) is 11.8 Å². The molecule has 0 bridgehead atoms. The van der Waals surface area contributed by atoms with Crippen LogP contribution in [0.25, 0.3) is 11.2 Å². The smallest absolute Gasteiger partial charge is 0.418 e. The first kappa shape index (κ1) is 22.0. The molecule has 3 aromatic rings. The summed E-state index contributed by atoms with van der Waals surface area (Å²) in [6.45, 7) is 0.210. The molecule has 0 spiro atoms. The number of aliphatic hydroxyl groups is 1. The number of aryl methyl sites for hydroxylation is 1. The number of hydrogen-bond acceptors (Lipinski definition) is 6. The van der Waals surface area contributed by atoms with E-state index >= 15 is 0 Å². The number of nitrogens with one attached hydrogen (secondary N) is 1. The van der Waals surface area contributed by atoms with E-state index in [1.54, 1.807) is 0 Å². The summed E-state index contributed by atoms with van der Waals surface area (Å²) in [7, 11) is 0. The number of pyridine rings is 1. The molecule has 2 aliphatic heterocycles. The maximum absolute atomic E-state index is 13.9. The summed E-state index contributed by atoms with van der Waals surface area (Å²) < 4.78 is 85.4. The lowest BCUT2D eigenvalue weighted by Crippen LogP contribution is -2.34. The Morgan fingerprint density at radius 2 is 1.79 bits per heavy atom. The molecule has 4 atom stereocenters. The highest BCUT2D eigenvalue weighted by atomic mass is 19.4. The molecule has 7 nitrogen and oxygen atoms in total. The van der Waals surface area contributed by atoms with Crippen LogP contribution in [0.2, 0.25) is 0 Å². The van der Waals surface area contributed by atoms with Gasteiger partial charge in [0.2, 0.25) is 0 Å². The Bertz CT molecular complexity index is 1160. The van der Waals surface area contributed by atoms with E-state index in [9.17, 15) is 27.1 Å². The number of imidazole rings is 1. The van der Waals surface area contributed by atoms with Crippen molar-refractivity contribution in [3.05, 3.63) is 52.7 Å². The molecule has 2 aromatic heterocycles. The largest absolute Gasteiger partial charge is 0.456 e. The van der Waals surface area contributed by atoms with Gasteiger partial charge in [-0.05, 0) is 31.0 Å². The van der Waals surface area contributed by atoms with Crippen molar-refractivity contribution in [2.24, 2.45) is 0 Å². The molecule has 176 valence electrons. The number of aromatic nitrogens is 3. The molecule has 5 rings (SSSR count). The first-order chi connectivity index (χ1) is 15.7. The number of hydrogen-bond donors (Lipinski definition) is 2. The number of alkyl halides is 3. The van der Waals surface area contributed by atoms with Crippen LogP contribution >= 0.6 is 0 Å². The zero-order valence-electron chi connectivity index (χ0n) is 16.9. The van der Waals surface area contributed by atoms with Gasteiger partial charge in [-0.2, -0.15) is 18.2 Å². The maximum Gasteiger partial charge on any atom is 0.418 e. The fourth-order valence-electron chi connectivity index (χ4n) is 4.15. The van der Waals surface area contributed by atoms with Crippen LogP contribution in [0.4, 0.5) is 22.0 Å². The fourth-order valence-corrected chi connectivity index (χ4v) is 4.15. The van der Waals surface area contributed by atoms with Gasteiger partial charge in [-0.3, -0.25) is 0 Å². The van der Waals surface area contributed by atoms with E-state index < -0.39 is 47.8 Å². The van der Waals surface area contributed by atoms with E-state index in [1.165, 1.54) is 6.07 Å². The Kier molecular flexibility index (Phi) is 5.46. The van der Waals surface area contributed by atoms with Crippen molar-refractivity contribution in [1.29, 1.82) is 0 Å². The second-order valence-corrected chi connectivity index (χ2v) is 7.91. The number of fused-ring (bicyclic) bond motifs is 2. The van der Waals surface area contributed by atoms with Crippen LogP contribution < -0.4 is 4.74 Å². The zero-order chi connectivity index (χ0) is 23.3. The highest BCUT2D eigenvalue weighted by Gasteiger charge is 2.48. The van der Waals surface area contributed by atoms with E-state index in [4.69, 9.17) is 14.2 Å². The normalized spacial score (nSPS) is 25.0. The molecule has 2 fully saturated rings. The summed E-state index contributed by atoms with van der Waals surface area (Å²) in [5.41, 5.74) is -1.78. The lowest BCUT2D eigenvalue weighted by Gasteiger charge is -2.15. The molecule has 2 saturated heterocycles. The van der Waals surface area contributed by atoms with Gasteiger partial charge in [-0.15, -0.1) is 0 Å². The quantitative estimate of drug-likeness (QED) is 0.557. The molecule has 4 heterocycles. The van der Waals surface area contributed by atoms with Gasteiger partial charge < -0.3 is 24.3 Å². The van der Waals surface area contributed by atoms with Crippen LogP contribution in [-0.2, 0) is 28.5 Å². The number of H-pyrrole nitrogens is 1. The van der Waals surface area contributed by atoms with Crippen molar-refractivity contribution < 1.29 is 41.3 Å². The summed E-state index contributed by atoms with van der Waals surface area (Å²) >= 11 is 0. The molecular formula is C21H18F5N3O4. The summed E-state index contributed by atoms with van der Waals surface area (Å²) in [4.78, 5) is 10.8. The number of aromatic amines is 1. The summed E-state index contributed by atoms with van der Waals surface area (Å²) in [6.07, 6.45) is -7.86. The standard InChI is InChI=1S/C21H18F5N3O4/c22-11-2-1-3-12(23)9(11)4-5-13-10(21(24,25)26)6-14-19(27-13)29-20(28-14)33-16-8-32-17-15(30)7-31-18(16)17/h1-3,6,15-18,30H,4-5,7-8H2,(H,27,28,29)/t15-,16-,17-,18-/m1/s1. The van der Waals surface area contributed by atoms with Gasteiger partial charge in [0.05, 0.1) is 30.0 Å². The molecule has 1 aromatic carbocycles. The highest BCUT2D eigenvalue weighted by molar-refractivity contribution is 5.73. The van der Waals surface area contributed by atoms with Gasteiger partial charge in [0.1, 0.15) is 29.9 Å². The lowest BCUT2D eigenvalue weighted by molar-refractivity contribution is -0.138. The second kappa shape index (κ2) is 8.19. The molecule has 0 aliphatic carbocycles. The summed E-state index contributed by atoms with van der Waals surface area (Å²) in [5, 5.41) is 9.81. The molecule has 2 aliphatic rings. The third-order valence-electron chi connectivity index (χ3n) is 5.75. The van der Waals surface area contributed by atoms with Crippen LogP contribution in [0.3, 0.4) is 0 Å². The van der Waals surface area contributed by atoms with Crippen molar-refractivity contribution in [2.45, 2.75) is 43.4 Å². The van der Waals surface area contributed by atoms with E-state index in [-0.39, 0.29) is 54.5 Å². The topological polar surface area (TPSA) is 89.5 Å². The molecular weight excluding hydrogens is 453 g/mol. The van der Waals surface area contributed by atoms with Crippen LogP contribution in [0.15, 0.2) is 24.3 Å². The summed E-state index contributed by atoms with van der Waals surface area (Å²) in [6, 6.07) is 4.03. The number of nitrogens with zero attached hydrogens (tertiary/aromatic N) is 2. The average Bonchev–Trinajstić information content (AvgIpc) is 3.43. The first-order valence-corrected chi connectivity index (χ1v) is 10.2. The average molecular weight is 471 g/mol. The third-order valence-corrected chi connectivity index (χ3v) is 5.75. The van der Waals surface area contributed by atoms with Gasteiger partial charge in [-0.1, -0.05) is 6.07 Å². The second-order valence-electron chi connectivity index (χ2n) is 7.91. The SMILES string of the molecule is O[C@@H]1CO[C@H]2[C@@H]1OC[C@H]2Oc1nc2nc(CCc3c(F)cccc3F)c(C(F)(F)F)cc2[nH]1. The van der Waals surface area contributed by atoms with Gasteiger partial charge in [0.25, 0.3) is 6.01 Å². The predicted molar refractivity (Wildman–Crippen MR) is 103 cm³/mol. The van der Waals surface area contributed by atoms with E-state index in [1.807, 2.05) is 0 Å². The Hall–Kier alpha value is -2.83. The van der Waals surface area contributed by atoms with Crippen molar-refractivity contribution in [3.8, 4) is 6.01 Å². The van der Waals surface area contributed by atoms with Crippen molar-refractivity contribution in [2.75, 3.05) is 13.2 Å². The van der Waals surface area contributed by atoms with Crippen molar-refractivity contribution >= 4 is 11.2 Å². The molecule has 0 saturated carbocycles. The minimum absolute atomic E-state index is 0.0130. The molecule has 12 heteroatoms. The number of ether oxygens (including phenoxy) is 3. The van der Waals surface area contributed by atoms with E-state index in [0.717, 1.165) is 18.2 Å². The molecule has 0 unspecified atom stereocenters. The highest BCUT2D eigenvalue weighted by Crippen LogP contribution is 2.35. The van der Waals surface area contributed by atoms with Crippen molar-refractivity contribution in [3.63, 3.8) is 0 Å². The Balaban J connectivity index is 1.42. The summed E-state index contributed by atoms with van der Waals surface area (Å²) in [5.74, 6) is -1.67. The van der Waals surface area contributed by atoms with E-state index in [0.29, 0.717) is 0 Å². The monoisotopic (exact) mass is 471 g/mol. The fraction of sp³-hybridized carbons (Fsp3) is 0.429. The Morgan fingerprint density at radius 1 is 1.06 bits per heavy atom. The van der Waals surface area contributed by atoms with Crippen molar-refractivity contribution in [1.82, 2.24) is 15.0 Å². The number of benzene rings is 1.